The van der Waals surface area contributed by atoms with Gasteiger partial charge in [0, 0.05) is 13.1 Å². The summed E-state index contributed by atoms with van der Waals surface area (Å²) in [4.78, 5) is 42.4. The van der Waals surface area contributed by atoms with Crippen molar-refractivity contribution in [1.29, 1.82) is 0 Å². The van der Waals surface area contributed by atoms with Gasteiger partial charge in [-0.3, -0.25) is 9.59 Å². The third-order valence-corrected chi connectivity index (χ3v) is 8.64. The van der Waals surface area contributed by atoms with Crippen LogP contribution in [0.3, 0.4) is 0 Å². The Morgan fingerprint density at radius 3 is 1.00 bits per heavy atom. The van der Waals surface area contributed by atoms with Gasteiger partial charge in [0.1, 0.15) is 25.0 Å². The number of aliphatic hydroxyl groups is 2. The zero-order valence-electron chi connectivity index (χ0n) is 32.9. The lowest BCUT2D eigenvalue weighted by atomic mass is 10.1. The van der Waals surface area contributed by atoms with Crippen LogP contribution in [0.15, 0.2) is 0 Å². The van der Waals surface area contributed by atoms with Crippen molar-refractivity contribution in [3.8, 4) is 0 Å². The maximum Gasteiger partial charge on any atom is 0.430 e. The summed E-state index contributed by atoms with van der Waals surface area (Å²) < 4.78 is 64.3. The number of nitrogens with zero attached hydrogens (tertiary/aromatic N) is 2. The monoisotopic (exact) mass is 798 g/mol. The highest BCUT2D eigenvalue weighted by molar-refractivity contribution is 5.77. The normalized spacial score (nSPS) is 13.6. The van der Waals surface area contributed by atoms with E-state index in [-0.39, 0.29) is 25.0 Å². The number of nitrogens with one attached hydrogen (secondary N) is 2. The predicted octanol–water partition coefficient (Wildman–Crippen LogP) is 2.98. The van der Waals surface area contributed by atoms with Crippen LogP contribution in [0.5, 0.6) is 0 Å². The minimum atomic E-state index is -5.19. The predicted molar refractivity (Wildman–Crippen MR) is 189 cm³/mol. The van der Waals surface area contributed by atoms with Crippen molar-refractivity contribution in [3.05, 3.63) is 0 Å². The molecule has 2 unspecified atom stereocenters. The molecule has 0 fully saturated rings. The number of quaternary nitrogens is 2. The summed E-state index contributed by atoms with van der Waals surface area (Å²) in [5.74, 6) is -5.81. The summed E-state index contributed by atoms with van der Waals surface area (Å²) in [6.45, 7) is 10.1. The summed E-state index contributed by atoms with van der Waals surface area (Å²) >= 11 is 0. The van der Waals surface area contributed by atoms with Crippen LogP contribution in [-0.4, -0.2) is 135 Å². The quantitative estimate of drug-likeness (QED) is 0.0507. The van der Waals surface area contributed by atoms with E-state index in [0.29, 0.717) is 35.1 Å². The highest BCUT2D eigenvalue weighted by atomic mass is 19.4. The minimum Gasteiger partial charge on any atom is -0.542 e. The van der Waals surface area contributed by atoms with Crippen molar-refractivity contribution in [2.24, 2.45) is 0 Å². The molecule has 2 amide bonds. The van der Waals surface area contributed by atoms with Crippen molar-refractivity contribution in [1.82, 2.24) is 10.6 Å². The Kier molecular flexibility index (Phi) is 33.5. The molecule has 54 heavy (non-hydrogen) atoms. The van der Waals surface area contributed by atoms with Gasteiger partial charge in [-0.15, -0.1) is 0 Å². The van der Waals surface area contributed by atoms with Crippen LogP contribution in [-0.2, 0) is 19.2 Å². The number of aliphatic hydroxyl groups excluding tert-OH is 2. The molecule has 0 aromatic heterocycles. The van der Waals surface area contributed by atoms with E-state index in [1.54, 1.807) is 0 Å². The number of alkyl halides is 6. The molecule has 0 radical (unpaired) electrons. The van der Waals surface area contributed by atoms with Crippen LogP contribution < -0.4 is 20.8 Å². The van der Waals surface area contributed by atoms with Crippen LogP contribution in [0.4, 0.5) is 26.3 Å². The molecule has 0 spiro atoms. The Hall–Kier alpha value is -2.70. The molecule has 4 N–H and O–H groups in total. The third-order valence-electron chi connectivity index (χ3n) is 8.64. The van der Waals surface area contributed by atoms with Gasteiger partial charge in [-0.25, -0.2) is 0 Å². The number of amides is 2. The van der Waals surface area contributed by atoms with E-state index >= 15 is 0 Å². The Bertz CT molecular complexity index is 916. The molecule has 0 bridgehead atoms. The van der Waals surface area contributed by atoms with Gasteiger partial charge >= 0.3 is 12.4 Å². The molecule has 12 nitrogen and oxygen atoms in total. The molecule has 0 heterocycles. The van der Waals surface area contributed by atoms with Gasteiger partial charge in [0.25, 0.3) is 11.8 Å². The van der Waals surface area contributed by atoms with Crippen LogP contribution in [0.2, 0.25) is 0 Å². The van der Waals surface area contributed by atoms with Gasteiger partial charge in [-0.1, -0.05) is 78.1 Å². The summed E-state index contributed by atoms with van der Waals surface area (Å²) in [5, 5.41) is 42.8. The smallest absolute Gasteiger partial charge is 0.430 e. The second-order valence-electron chi connectivity index (χ2n) is 14.1. The standard InChI is InChI=1S/C32H66N4O4.2C2HF3O2/c1-5-7-9-17-21-33-31(39)29-35(3,25-27-37)23-19-15-13-11-12-14-16-20-24-36(4,26-28-38)30-32(40)34-22-18-10-8-6-2;2*3-2(4,5)1(6)7/h37-38H,5-30H2,1-4H3;2*(H,6,7). The number of hydrogen-bond donors (Lipinski definition) is 4. The van der Waals surface area contributed by atoms with Crippen LogP contribution in [0, 0.1) is 0 Å². The zero-order valence-corrected chi connectivity index (χ0v) is 32.9. The fourth-order valence-corrected chi connectivity index (χ4v) is 5.43. The van der Waals surface area contributed by atoms with Gasteiger partial charge < -0.3 is 49.6 Å². The van der Waals surface area contributed by atoms with Crippen molar-refractivity contribution in [2.45, 2.75) is 129 Å². The molecule has 2 atom stereocenters. The minimum absolute atomic E-state index is 0.101. The Balaban J connectivity index is -0.00000155. The number of carboxylic acid groups (broad SMARTS) is 2. The molecule has 0 aliphatic heterocycles. The van der Waals surface area contributed by atoms with Crippen LogP contribution in [0.1, 0.15) is 117 Å². The summed E-state index contributed by atoms with van der Waals surface area (Å²) in [5.41, 5.74) is 0. The maximum absolute atomic E-state index is 12.4. The summed E-state index contributed by atoms with van der Waals surface area (Å²) in [7, 11) is 4.18. The van der Waals surface area contributed by atoms with Gasteiger partial charge in [-0.05, 0) is 38.5 Å². The van der Waals surface area contributed by atoms with Gasteiger partial charge in [-0.2, -0.15) is 26.3 Å². The lowest BCUT2D eigenvalue weighted by Crippen LogP contribution is -2.52. The number of carbonyl (C=O) groups is 4. The molecule has 0 aliphatic carbocycles. The lowest BCUT2D eigenvalue weighted by molar-refractivity contribution is -0.902. The van der Waals surface area contributed by atoms with E-state index < -0.39 is 24.3 Å². The van der Waals surface area contributed by atoms with E-state index in [9.17, 15) is 46.1 Å². The largest absolute Gasteiger partial charge is 0.542 e. The summed E-state index contributed by atoms with van der Waals surface area (Å²) in [6.07, 6.45) is 8.23. The van der Waals surface area contributed by atoms with Gasteiger partial charge in [0.2, 0.25) is 0 Å². The number of unbranched alkanes of at least 4 members (excludes halogenated alkanes) is 13. The molecule has 322 valence electrons. The second-order valence-corrected chi connectivity index (χ2v) is 14.1. The average Bonchev–Trinajstić information content (AvgIpc) is 3.05. The molecule has 0 rings (SSSR count). The highest BCUT2D eigenvalue weighted by Crippen LogP contribution is 2.14. The van der Waals surface area contributed by atoms with Crippen molar-refractivity contribution in [3.63, 3.8) is 0 Å². The SMILES string of the molecule is CCCCCCNC(=O)C[N+](C)(CCO)CCCCCCCCCC[N+](C)(CCO)CC(=O)NCCCCCC.O=C([O-])C(F)(F)F.O=C([O-])C(F)(F)F. The number of carbonyl (C=O) groups excluding carboxylic acids is 4. The average molecular weight is 799 g/mol. The number of carboxylic acids is 2. The first-order chi connectivity index (χ1) is 25.1. The first-order valence-electron chi connectivity index (χ1n) is 19.1. The lowest BCUT2D eigenvalue weighted by Gasteiger charge is -2.33. The van der Waals surface area contributed by atoms with Crippen molar-refractivity contribution < 1.29 is 74.9 Å². The first kappa shape index (κ1) is 55.6. The van der Waals surface area contributed by atoms with E-state index in [2.05, 4.69) is 38.6 Å². The molecular weight excluding hydrogens is 730 g/mol. The number of hydrogen-bond acceptors (Lipinski definition) is 8. The topological polar surface area (TPSA) is 179 Å². The third kappa shape index (κ3) is 36.3. The maximum atomic E-state index is 12.4. The number of rotatable bonds is 29. The highest BCUT2D eigenvalue weighted by Gasteiger charge is 2.29. The van der Waals surface area contributed by atoms with Crippen molar-refractivity contribution >= 4 is 23.8 Å². The number of halogens is 6. The van der Waals surface area contributed by atoms with E-state index in [4.69, 9.17) is 19.8 Å². The molecule has 18 heteroatoms. The number of likely N-dealkylation sites (N-methyl/N-ethyl adjacent to an activating group) is 2. The summed E-state index contributed by atoms with van der Waals surface area (Å²) in [6, 6.07) is 0. The Labute approximate surface area is 317 Å². The fraction of sp³-hybridized carbons (Fsp3) is 0.889. The number of aliphatic carboxylic acids is 2. The Morgan fingerprint density at radius 1 is 0.500 bits per heavy atom. The van der Waals surface area contributed by atoms with Gasteiger partial charge in [0.15, 0.2) is 13.1 Å². The fourth-order valence-electron chi connectivity index (χ4n) is 5.43. The van der Waals surface area contributed by atoms with E-state index in [1.807, 2.05) is 0 Å². The zero-order chi connectivity index (χ0) is 42.1. The van der Waals surface area contributed by atoms with E-state index in [1.165, 1.54) is 64.2 Å². The second kappa shape index (κ2) is 32.5. The van der Waals surface area contributed by atoms with Crippen LogP contribution >= 0.6 is 0 Å². The van der Waals surface area contributed by atoms with Crippen molar-refractivity contribution in [2.75, 3.05) is 79.7 Å². The molecule has 0 saturated carbocycles. The van der Waals surface area contributed by atoms with E-state index in [0.717, 1.165) is 64.7 Å². The molecule has 0 aromatic carbocycles. The van der Waals surface area contributed by atoms with Crippen LogP contribution in [0.25, 0.3) is 0 Å². The molecule has 0 aliphatic rings. The molecule has 0 saturated heterocycles. The first-order valence-corrected chi connectivity index (χ1v) is 19.1. The molecule has 0 aromatic rings. The van der Waals surface area contributed by atoms with Gasteiger partial charge in [0.05, 0.1) is 40.4 Å². The Morgan fingerprint density at radius 2 is 0.759 bits per heavy atom. The molecular formula is C36H68F6N4O8.